The van der Waals surface area contributed by atoms with E-state index in [2.05, 4.69) is 9.73 Å². The van der Waals surface area contributed by atoms with Crippen LogP contribution in [-0.4, -0.2) is 17.2 Å². The molecule has 0 spiro atoms. The summed E-state index contributed by atoms with van der Waals surface area (Å²) < 4.78 is 28.8. The lowest BCUT2D eigenvalue weighted by Gasteiger charge is -2.13. The van der Waals surface area contributed by atoms with Crippen LogP contribution in [-0.2, 0) is 4.74 Å². The first-order valence-corrected chi connectivity index (χ1v) is 5.78. The summed E-state index contributed by atoms with van der Waals surface area (Å²) in [5, 5.41) is 11.1. The van der Waals surface area contributed by atoms with E-state index in [4.69, 9.17) is 0 Å². The largest absolute Gasteiger partial charge is 0.435 e. The van der Waals surface area contributed by atoms with E-state index in [1.807, 2.05) is 0 Å². The van der Waals surface area contributed by atoms with Crippen LogP contribution in [0.4, 0.5) is 20.2 Å². The molecule has 0 bridgehead atoms. The van der Waals surface area contributed by atoms with Gasteiger partial charge >= 0.3 is 6.61 Å². The molecule has 0 amide bonds. The predicted octanol–water partition coefficient (Wildman–Crippen LogP) is 3.59. The molecule has 0 N–H and O–H groups in total. The van der Waals surface area contributed by atoms with Crippen molar-refractivity contribution >= 4 is 22.7 Å². The summed E-state index contributed by atoms with van der Waals surface area (Å²) in [6.07, 6.45) is 3.15. The van der Waals surface area contributed by atoms with Crippen molar-refractivity contribution < 1.29 is 18.4 Å². The van der Waals surface area contributed by atoms with Gasteiger partial charge in [-0.15, -0.1) is 0 Å². The summed E-state index contributed by atoms with van der Waals surface area (Å²) in [4.78, 5) is 14.8. The molecule has 0 saturated heterocycles. The smallest absolute Gasteiger partial charge is 0.387 e. The van der Waals surface area contributed by atoms with Gasteiger partial charge in [-0.1, -0.05) is 6.07 Å². The molecule has 20 heavy (non-hydrogen) atoms. The summed E-state index contributed by atoms with van der Waals surface area (Å²) in [7, 11) is 0. The molecular formula is C13H8F2N2O3. The molecule has 2 aliphatic rings. The Hall–Kier alpha value is -2.57. The van der Waals surface area contributed by atoms with Crippen molar-refractivity contribution in [3.8, 4) is 0 Å². The van der Waals surface area contributed by atoms with Gasteiger partial charge in [0.2, 0.25) is 0 Å². The minimum atomic E-state index is -2.93. The van der Waals surface area contributed by atoms with Crippen molar-refractivity contribution in [2.75, 3.05) is 0 Å². The van der Waals surface area contributed by atoms with E-state index in [1.54, 1.807) is 12.1 Å². The van der Waals surface area contributed by atoms with Gasteiger partial charge in [-0.2, -0.15) is 8.78 Å². The van der Waals surface area contributed by atoms with Crippen LogP contribution in [0.1, 0.15) is 12.0 Å². The topological polar surface area (TPSA) is 64.7 Å². The maximum Gasteiger partial charge on any atom is 0.387 e. The van der Waals surface area contributed by atoms with Crippen LogP contribution >= 0.6 is 0 Å². The highest BCUT2D eigenvalue weighted by Crippen LogP contribution is 2.43. The molecule has 0 radical (unpaired) electrons. The highest BCUT2D eigenvalue weighted by molar-refractivity contribution is 6.31. The molecule has 0 atom stereocenters. The van der Waals surface area contributed by atoms with Gasteiger partial charge in [0.1, 0.15) is 5.76 Å². The molecule has 1 aliphatic carbocycles. The Morgan fingerprint density at radius 3 is 2.90 bits per heavy atom. The zero-order valence-electron chi connectivity index (χ0n) is 10.0. The number of hydrogen-bond donors (Lipinski definition) is 0. The van der Waals surface area contributed by atoms with Crippen molar-refractivity contribution in [2.24, 2.45) is 4.99 Å². The van der Waals surface area contributed by atoms with Gasteiger partial charge < -0.3 is 4.74 Å². The third-order valence-electron chi connectivity index (χ3n) is 3.06. The lowest BCUT2D eigenvalue weighted by Crippen LogP contribution is -2.07. The standard InChI is InChI=1S/C13H8F2N2O3/c14-13(15)20-7-4-5-9-8(6-7)12-10(16-9)2-1-3-11(12)17(18)19/h1-4,6,13H,5H2. The molecule has 0 unspecified atom stereocenters. The number of rotatable bonds is 3. The number of halogens is 2. The fourth-order valence-corrected chi connectivity index (χ4v) is 2.29. The Balaban J connectivity index is 2.08. The van der Waals surface area contributed by atoms with Crippen LogP contribution < -0.4 is 0 Å². The molecule has 0 saturated carbocycles. The van der Waals surface area contributed by atoms with Crippen LogP contribution in [0.3, 0.4) is 0 Å². The lowest BCUT2D eigenvalue weighted by atomic mass is 9.95. The monoisotopic (exact) mass is 278 g/mol. The maximum atomic E-state index is 12.2. The molecule has 1 aromatic rings. The molecule has 102 valence electrons. The average molecular weight is 278 g/mol. The first-order valence-electron chi connectivity index (χ1n) is 5.78. The first kappa shape index (κ1) is 12.5. The van der Waals surface area contributed by atoms with Gasteiger partial charge in [0, 0.05) is 18.1 Å². The molecule has 7 heteroatoms. The first-order chi connectivity index (χ1) is 9.56. The molecule has 1 heterocycles. The molecule has 0 fully saturated rings. The van der Waals surface area contributed by atoms with Gasteiger partial charge in [0.05, 0.1) is 21.9 Å². The number of hydrogen-bond acceptors (Lipinski definition) is 4. The van der Waals surface area contributed by atoms with Gasteiger partial charge in [0.15, 0.2) is 0 Å². The quantitative estimate of drug-likeness (QED) is 0.626. The Labute approximate surface area is 112 Å². The number of nitrogens with zero attached hydrogens (tertiary/aromatic N) is 2. The van der Waals surface area contributed by atoms with Crippen LogP contribution in [0.25, 0.3) is 5.57 Å². The third kappa shape index (κ3) is 1.97. The number of nitro groups is 1. The Morgan fingerprint density at radius 1 is 1.40 bits per heavy atom. The van der Waals surface area contributed by atoms with Crippen molar-refractivity contribution in [1.82, 2.24) is 0 Å². The molecule has 0 aromatic heterocycles. The lowest BCUT2D eigenvalue weighted by molar-refractivity contribution is -0.385. The molecule has 5 nitrogen and oxygen atoms in total. The second kappa shape index (κ2) is 4.52. The van der Waals surface area contributed by atoms with E-state index >= 15 is 0 Å². The summed E-state index contributed by atoms with van der Waals surface area (Å²) in [5.41, 5.74) is 1.84. The number of benzene rings is 1. The van der Waals surface area contributed by atoms with Gasteiger partial charge in [-0.25, -0.2) is 0 Å². The van der Waals surface area contributed by atoms with E-state index in [0.717, 1.165) is 0 Å². The molecule has 3 rings (SSSR count). The summed E-state index contributed by atoms with van der Waals surface area (Å²) in [6, 6.07) is 4.56. The predicted molar refractivity (Wildman–Crippen MR) is 68.0 cm³/mol. The molecular weight excluding hydrogens is 270 g/mol. The minimum Gasteiger partial charge on any atom is -0.435 e. The maximum absolute atomic E-state index is 12.2. The van der Waals surface area contributed by atoms with Crippen LogP contribution in [0, 0.1) is 10.1 Å². The van der Waals surface area contributed by atoms with Crippen molar-refractivity contribution in [2.45, 2.75) is 13.0 Å². The van der Waals surface area contributed by atoms with Gasteiger partial charge in [-0.3, -0.25) is 15.1 Å². The van der Waals surface area contributed by atoms with Crippen molar-refractivity contribution in [3.05, 3.63) is 51.8 Å². The van der Waals surface area contributed by atoms with E-state index in [9.17, 15) is 18.9 Å². The normalized spacial score (nSPS) is 16.1. The van der Waals surface area contributed by atoms with Gasteiger partial charge in [0.25, 0.3) is 5.69 Å². The zero-order valence-corrected chi connectivity index (χ0v) is 10.0. The SMILES string of the molecule is O=[N+]([O-])c1cccc2c1C1=CC(OC(F)F)=CCC1=N2. The van der Waals surface area contributed by atoms with E-state index in [1.165, 1.54) is 18.2 Å². The van der Waals surface area contributed by atoms with E-state index < -0.39 is 11.5 Å². The number of ether oxygens (including phenoxy) is 1. The minimum absolute atomic E-state index is 0.0000454. The number of nitro benzene ring substituents is 1. The number of allylic oxidation sites excluding steroid dienone is 3. The Bertz CT molecular complexity index is 693. The van der Waals surface area contributed by atoms with Gasteiger partial charge in [-0.05, 0) is 18.2 Å². The average Bonchev–Trinajstić information content (AvgIpc) is 2.75. The zero-order chi connectivity index (χ0) is 14.3. The number of fused-ring (bicyclic) bond motifs is 3. The number of aliphatic imine (C=N–C) groups is 1. The van der Waals surface area contributed by atoms with E-state index in [0.29, 0.717) is 29.0 Å². The summed E-state index contributed by atoms with van der Waals surface area (Å²) >= 11 is 0. The Kier molecular flexibility index (Phi) is 2.81. The number of alkyl halides is 2. The second-order valence-corrected chi connectivity index (χ2v) is 4.23. The van der Waals surface area contributed by atoms with Crippen molar-refractivity contribution in [1.29, 1.82) is 0 Å². The van der Waals surface area contributed by atoms with Crippen LogP contribution in [0.2, 0.25) is 0 Å². The highest BCUT2D eigenvalue weighted by Gasteiger charge is 2.30. The van der Waals surface area contributed by atoms with Crippen molar-refractivity contribution in [3.63, 3.8) is 0 Å². The van der Waals surface area contributed by atoms with E-state index in [-0.39, 0.29) is 11.4 Å². The molecule has 1 aliphatic heterocycles. The summed E-state index contributed by atoms with van der Waals surface area (Å²) in [6.45, 7) is -2.93. The van der Waals surface area contributed by atoms with Crippen LogP contribution in [0.15, 0.2) is 41.1 Å². The van der Waals surface area contributed by atoms with Crippen LogP contribution in [0.5, 0.6) is 0 Å². The second-order valence-electron chi connectivity index (χ2n) is 4.23. The third-order valence-corrected chi connectivity index (χ3v) is 3.06. The fraction of sp³-hybridized carbons (Fsp3) is 0.154. The highest BCUT2D eigenvalue weighted by atomic mass is 19.3. The molecule has 1 aromatic carbocycles. The Morgan fingerprint density at radius 2 is 2.20 bits per heavy atom. The fourth-order valence-electron chi connectivity index (χ4n) is 2.29. The summed E-state index contributed by atoms with van der Waals surface area (Å²) in [5.74, 6) is -0.0000454.